The minimum absolute atomic E-state index is 0.426. The number of nitriles is 1. The average Bonchev–Trinajstić information content (AvgIpc) is 2.46. The maximum absolute atomic E-state index is 10.7. The van der Waals surface area contributed by atoms with Gasteiger partial charge in [0.05, 0.1) is 17.6 Å². The number of nitrogens with zero attached hydrogens (tertiary/aromatic N) is 1. The summed E-state index contributed by atoms with van der Waals surface area (Å²) in [5.74, 6) is 1.26. The Hall–Kier alpha value is -0.750. The van der Waals surface area contributed by atoms with E-state index in [0.717, 1.165) is 12.8 Å². The van der Waals surface area contributed by atoms with Crippen LogP contribution in [0.3, 0.4) is 0 Å². The Morgan fingerprint density at radius 2 is 1.90 bits per heavy atom. The first kappa shape index (κ1) is 16.6. The van der Waals surface area contributed by atoms with Crippen molar-refractivity contribution in [1.29, 1.82) is 5.26 Å². The molecule has 0 aliphatic heterocycles. The lowest BCUT2D eigenvalue weighted by Crippen LogP contribution is -2.33. The van der Waals surface area contributed by atoms with E-state index in [1.165, 1.54) is 0 Å². The van der Waals surface area contributed by atoms with Crippen molar-refractivity contribution in [2.45, 2.75) is 45.6 Å². The van der Waals surface area contributed by atoms with Crippen LogP contribution in [-0.4, -0.2) is 5.11 Å². The van der Waals surface area contributed by atoms with Crippen LogP contribution in [0.15, 0.2) is 18.2 Å². The highest BCUT2D eigenvalue weighted by Gasteiger charge is 2.43. The van der Waals surface area contributed by atoms with Crippen LogP contribution in [0, 0.1) is 28.6 Å². The van der Waals surface area contributed by atoms with E-state index in [9.17, 15) is 10.4 Å². The van der Waals surface area contributed by atoms with Crippen LogP contribution in [0.5, 0.6) is 0 Å². The molecule has 114 valence electrons. The summed E-state index contributed by atoms with van der Waals surface area (Å²) < 4.78 is 0. The quantitative estimate of drug-likeness (QED) is 0.810. The molecule has 1 saturated carbocycles. The standard InChI is InChI=1S/C17H21Cl2NO/c1-11(2)12-5-7-17(10-20,8-6-12)16(21)14-4-3-13(18)9-15(14)19/h3-4,9,11-12,16,21H,5-8H2,1-2H3. The first-order valence-corrected chi connectivity index (χ1v) is 8.19. The van der Waals surface area contributed by atoms with Crippen LogP contribution in [0.2, 0.25) is 10.0 Å². The Labute approximate surface area is 136 Å². The predicted octanol–water partition coefficient (Wildman–Crippen LogP) is 5.38. The van der Waals surface area contributed by atoms with Crippen LogP contribution in [0.25, 0.3) is 0 Å². The largest absolute Gasteiger partial charge is 0.387 e. The summed E-state index contributed by atoms with van der Waals surface area (Å²) in [6.07, 6.45) is 2.53. The van der Waals surface area contributed by atoms with Gasteiger partial charge < -0.3 is 5.11 Å². The molecule has 0 aromatic heterocycles. The van der Waals surface area contributed by atoms with E-state index in [1.807, 2.05) is 0 Å². The Balaban J connectivity index is 2.24. The van der Waals surface area contributed by atoms with E-state index in [2.05, 4.69) is 19.9 Å². The third-order valence-corrected chi connectivity index (χ3v) is 5.43. The van der Waals surface area contributed by atoms with Gasteiger partial charge >= 0.3 is 0 Å². The first-order valence-electron chi connectivity index (χ1n) is 7.44. The highest BCUT2D eigenvalue weighted by Crippen LogP contribution is 2.49. The molecule has 1 aliphatic carbocycles. The second-order valence-corrected chi connectivity index (χ2v) is 7.26. The van der Waals surface area contributed by atoms with E-state index >= 15 is 0 Å². The van der Waals surface area contributed by atoms with Crippen LogP contribution in [-0.2, 0) is 0 Å². The summed E-state index contributed by atoms with van der Waals surface area (Å²) in [5.41, 5.74) is -0.131. The Morgan fingerprint density at radius 3 is 2.38 bits per heavy atom. The van der Waals surface area contributed by atoms with Gasteiger partial charge in [-0.25, -0.2) is 0 Å². The number of hydrogen-bond acceptors (Lipinski definition) is 2. The molecule has 2 nitrogen and oxygen atoms in total. The summed E-state index contributed by atoms with van der Waals surface area (Å²) >= 11 is 12.1. The Kier molecular flexibility index (Phi) is 5.20. The molecule has 21 heavy (non-hydrogen) atoms. The summed E-state index contributed by atoms with van der Waals surface area (Å²) in [5, 5.41) is 21.4. The molecule has 4 heteroatoms. The SMILES string of the molecule is CC(C)C1CCC(C#N)(C(O)c2ccc(Cl)cc2Cl)CC1. The van der Waals surface area contributed by atoms with Crippen molar-refractivity contribution in [3.63, 3.8) is 0 Å². The molecule has 0 amide bonds. The maximum Gasteiger partial charge on any atom is 0.0990 e. The zero-order valence-corrected chi connectivity index (χ0v) is 14.0. The Morgan fingerprint density at radius 1 is 1.29 bits per heavy atom. The van der Waals surface area contributed by atoms with Crippen molar-refractivity contribution in [1.82, 2.24) is 0 Å². The fraction of sp³-hybridized carbons (Fsp3) is 0.588. The summed E-state index contributed by atoms with van der Waals surface area (Å²) in [6.45, 7) is 4.44. The highest BCUT2D eigenvalue weighted by molar-refractivity contribution is 6.35. The maximum atomic E-state index is 10.7. The van der Waals surface area contributed by atoms with Gasteiger partial charge in [-0.2, -0.15) is 5.26 Å². The van der Waals surface area contributed by atoms with Gasteiger partial charge in [0.15, 0.2) is 0 Å². The smallest absolute Gasteiger partial charge is 0.0990 e. The molecule has 1 fully saturated rings. The minimum atomic E-state index is -0.861. The van der Waals surface area contributed by atoms with Crippen molar-refractivity contribution in [3.05, 3.63) is 33.8 Å². The van der Waals surface area contributed by atoms with Gasteiger partial charge in [0.1, 0.15) is 0 Å². The van der Waals surface area contributed by atoms with Crippen LogP contribution in [0.4, 0.5) is 0 Å². The second-order valence-electron chi connectivity index (χ2n) is 6.42. The molecular weight excluding hydrogens is 305 g/mol. The molecule has 0 saturated heterocycles. The number of aliphatic hydroxyl groups excluding tert-OH is 1. The average molecular weight is 326 g/mol. The summed E-state index contributed by atoms with van der Waals surface area (Å²) in [6, 6.07) is 7.42. The van der Waals surface area contributed by atoms with Gasteiger partial charge in [0.2, 0.25) is 0 Å². The fourth-order valence-corrected chi connectivity index (χ4v) is 3.80. The minimum Gasteiger partial charge on any atom is -0.387 e. The van der Waals surface area contributed by atoms with E-state index in [-0.39, 0.29) is 0 Å². The van der Waals surface area contributed by atoms with E-state index in [0.29, 0.717) is 40.3 Å². The lowest BCUT2D eigenvalue weighted by molar-refractivity contribution is 0.0191. The molecular formula is C17H21Cl2NO. The van der Waals surface area contributed by atoms with Crippen LogP contribution < -0.4 is 0 Å². The number of halogens is 2. The van der Waals surface area contributed by atoms with Gasteiger partial charge in [-0.05, 0) is 49.7 Å². The third-order valence-electron chi connectivity index (χ3n) is 4.87. The monoisotopic (exact) mass is 325 g/mol. The van der Waals surface area contributed by atoms with Crippen molar-refractivity contribution in [3.8, 4) is 6.07 Å². The van der Waals surface area contributed by atoms with Crippen LogP contribution >= 0.6 is 23.2 Å². The van der Waals surface area contributed by atoms with E-state index in [4.69, 9.17) is 23.2 Å². The summed E-state index contributed by atoms with van der Waals surface area (Å²) in [4.78, 5) is 0. The molecule has 1 aliphatic rings. The number of benzene rings is 1. The van der Waals surface area contributed by atoms with Crippen molar-refractivity contribution in [2.75, 3.05) is 0 Å². The molecule has 0 bridgehead atoms. The molecule has 1 atom stereocenters. The second kappa shape index (κ2) is 6.57. The lowest BCUT2D eigenvalue weighted by Gasteiger charge is -2.39. The van der Waals surface area contributed by atoms with Crippen molar-refractivity contribution >= 4 is 23.2 Å². The molecule has 1 aromatic carbocycles. The Bertz CT molecular complexity index is 542. The predicted molar refractivity (Wildman–Crippen MR) is 86.3 cm³/mol. The van der Waals surface area contributed by atoms with Gasteiger partial charge in [-0.1, -0.05) is 43.1 Å². The summed E-state index contributed by atoms with van der Waals surface area (Å²) in [7, 11) is 0. The molecule has 1 aromatic rings. The van der Waals surface area contributed by atoms with E-state index in [1.54, 1.807) is 18.2 Å². The van der Waals surface area contributed by atoms with Crippen LogP contribution in [0.1, 0.15) is 51.2 Å². The molecule has 1 N–H and O–H groups in total. The van der Waals surface area contributed by atoms with Crippen molar-refractivity contribution < 1.29 is 5.11 Å². The molecule has 1 unspecified atom stereocenters. The molecule has 0 spiro atoms. The topological polar surface area (TPSA) is 44.0 Å². The number of hydrogen-bond donors (Lipinski definition) is 1. The first-order chi connectivity index (χ1) is 9.89. The van der Waals surface area contributed by atoms with Gasteiger partial charge in [0, 0.05) is 15.6 Å². The van der Waals surface area contributed by atoms with Gasteiger partial charge in [-0.3, -0.25) is 0 Å². The number of aliphatic hydroxyl groups is 1. The molecule has 0 heterocycles. The van der Waals surface area contributed by atoms with Gasteiger partial charge in [-0.15, -0.1) is 0 Å². The van der Waals surface area contributed by atoms with Crippen molar-refractivity contribution in [2.24, 2.45) is 17.3 Å². The highest BCUT2D eigenvalue weighted by atomic mass is 35.5. The number of rotatable bonds is 3. The fourth-order valence-electron chi connectivity index (χ4n) is 3.29. The third kappa shape index (κ3) is 3.37. The molecule has 2 rings (SSSR count). The van der Waals surface area contributed by atoms with Gasteiger partial charge in [0.25, 0.3) is 0 Å². The normalized spacial score (nSPS) is 27.4. The lowest BCUT2D eigenvalue weighted by atomic mass is 9.65. The zero-order valence-electron chi connectivity index (χ0n) is 12.4. The molecule has 0 radical (unpaired) electrons. The van der Waals surface area contributed by atoms with E-state index < -0.39 is 11.5 Å². The zero-order chi connectivity index (χ0) is 15.6.